The van der Waals surface area contributed by atoms with Crippen molar-refractivity contribution in [1.29, 1.82) is 0 Å². The van der Waals surface area contributed by atoms with Crippen LogP contribution in [0, 0.1) is 19.7 Å². The highest BCUT2D eigenvalue weighted by Gasteiger charge is 2.21. The molecule has 20 heavy (non-hydrogen) atoms. The van der Waals surface area contributed by atoms with E-state index in [1.54, 1.807) is 6.07 Å². The van der Waals surface area contributed by atoms with Crippen LogP contribution in [-0.4, -0.2) is 16.0 Å². The Balaban J connectivity index is 1.90. The van der Waals surface area contributed by atoms with E-state index in [0.717, 1.165) is 29.1 Å². The number of nitrogens with one attached hydrogen (secondary N) is 1. The highest BCUT2D eigenvalue weighted by Crippen LogP contribution is 2.22. The molecular formula is C16H18FN3. The van der Waals surface area contributed by atoms with Crippen molar-refractivity contribution >= 4 is 0 Å². The molecule has 0 saturated heterocycles. The molecule has 3 rings (SSSR count). The maximum atomic E-state index is 13.3. The van der Waals surface area contributed by atoms with Gasteiger partial charge < -0.3 is 5.32 Å². The molecule has 0 bridgehead atoms. The van der Waals surface area contributed by atoms with Crippen LogP contribution in [0.3, 0.4) is 0 Å². The number of hydrogen-bond donors (Lipinski definition) is 1. The number of benzene rings is 1. The fraction of sp³-hybridized carbons (Fsp3) is 0.375. The summed E-state index contributed by atoms with van der Waals surface area (Å²) < 4.78 is 13.3. The van der Waals surface area contributed by atoms with Crippen LogP contribution in [0.2, 0.25) is 0 Å². The van der Waals surface area contributed by atoms with Gasteiger partial charge in [0.25, 0.3) is 0 Å². The van der Waals surface area contributed by atoms with Crippen molar-refractivity contribution in [2.24, 2.45) is 0 Å². The third kappa shape index (κ3) is 2.85. The lowest BCUT2D eigenvalue weighted by Crippen LogP contribution is -2.18. The van der Waals surface area contributed by atoms with Crippen LogP contribution >= 0.6 is 0 Å². The standard InChI is InChI=1S/C16H18FN3/c1-10-15(9-18-14-6-7-14)11(2)20-16(19-10)12-4-3-5-13(17)8-12/h3-5,8,14,18H,6-7,9H2,1-2H3. The fourth-order valence-electron chi connectivity index (χ4n) is 2.29. The van der Waals surface area contributed by atoms with Gasteiger partial charge in [-0.3, -0.25) is 0 Å². The molecule has 1 saturated carbocycles. The van der Waals surface area contributed by atoms with E-state index in [1.807, 2.05) is 19.9 Å². The van der Waals surface area contributed by atoms with Gasteiger partial charge in [-0.1, -0.05) is 12.1 Å². The Morgan fingerprint density at radius 1 is 1.20 bits per heavy atom. The number of rotatable bonds is 4. The highest BCUT2D eigenvalue weighted by atomic mass is 19.1. The van der Waals surface area contributed by atoms with E-state index in [0.29, 0.717) is 11.9 Å². The summed E-state index contributed by atoms with van der Waals surface area (Å²) in [4.78, 5) is 9.05. The van der Waals surface area contributed by atoms with E-state index in [2.05, 4.69) is 15.3 Å². The Morgan fingerprint density at radius 3 is 2.50 bits per heavy atom. The summed E-state index contributed by atoms with van der Waals surface area (Å²) in [5, 5.41) is 3.48. The molecule has 0 unspecified atom stereocenters. The summed E-state index contributed by atoms with van der Waals surface area (Å²) in [6.45, 7) is 4.79. The average Bonchev–Trinajstić information content (AvgIpc) is 3.21. The highest BCUT2D eigenvalue weighted by molar-refractivity contribution is 5.55. The Morgan fingerprint density at radius 2 is 1.90 bits per heavy atom. The van der Waals surface area contributed by atoms with Crippen molar-refractivity contribution in [2.45, 2.75) is 39.3 Å². The number of aryl methyl sites for hydroxylation is 2. The molecule has 1 aliphatic carbocycles. The first-order valence-electron chi connectivity index (χ1n) is 6.97. The molecule has 0 aliphatic heterocycles. The summed E-state index contributed by atoms with van der Waals surface area (Å²) >= 11 is 0. The molecule has 0 atom stereocenters. The van der Waals surface area contributed by atoms with Gasteiger partial charge in [0.05, 0.1) is 0 Å². The largest absolute Gasteiger partial charge is 0.310 e. The van der Waals surface area contributed by atoms with Crippen molar-refractivity contribution in [3.05, 3.63) is 47.0 Å². The van der Waals surface area contributed by atoms with E-state index in [-0.39, 0.29) is 5.82 Å². The predicted molar refractivity (Wildman–Crippen MR) is 76.8 cm³/mol. The molecule has 1 heterocycles. The number of aromatic nitrogens is 2. The molecule has 1 N–H and O–H groups in total. The zero-order valence-electron chi connectivity index (χ0n) is 11.8. The average molecular weight is 271 g/mol. The van der Waals surface area contributed by atoms with Crippen molar-refractivity contribution < 1.29 is 4.39 Å². The molecule has 0 amide bonds. The van der Waals surface area contributed by atoms with E-state index in [9.17, 15) is 4.39 Å². The molecule has 2 aromatic rings. The van der Waals surface area contributed by atoms with Gasteiger partial charge in [0, 0.05) is 35.1 Å². The van der Waals surface area contributed by atoms with Gasteiger partial charge in [-0.2, -0.15) is 0 Å². The van der Waals surface area contributed by atoms with Gasteiger partial charge in [-0.05, 0) is 38.8 Å². The lowest BCUT2D eigenvalue weighted by molar-refractivity contribution is 0.628. The summed E-state index contributed by atoms with van der Waals surface area (Å²) in [7, 11) is 0. The Labute approximate surface area is 118 Å². The third-order valence-corrected chi connectivity index (χ3v) is 3.65. The van der Waals surface area contributed by atoms with Gasteiger partial charge in [0.1, 0.15) is 5.82 Å². The van der Waals surface area contributed by atoms with Gasteiger partial charge in [-0.25, -0.2) is 14.4 Å². The molecular weight excluding hydrogens is 253 g/mol. The second kappa shape index (κ2) is 5.29. The summed E-state index contributed by atoms with van der Waals surface area (Å²) in [5.41, 5.74) is 3.80. The van der Waals surface area contributed by atoms with E-state index in [1.165, 1.54) is 25.0 Å². The number of hydrogen-bond acceptors (Lipinski definition) is 3. The van der Waals surface area contributed by atoms with E-state index in [4.69, 9.17) is 0 Å². The first-order chi connectivity index (χ1) is 9.63. The number of nitrogens with zero attached hydrogens (tertiary/aromatic N) is 2. The maximum Gasteiger partial charge on any atom is 0.159 e. The molecule has 104 valence electrons. The number of halogens is 1. The SMILES string of the molecule is Cc1nc(-c2cccc(F)c2)nc(C)c1CNC1CC1. The minimum atomic E-state index is -0.263. The summed E-state index contributed by atoms with van der Waals surface area (Å²) in [5.74, 6) is 0.329. The molecule has 1 aromatic heterocycles. The normalized spacial score (nSPS) is 14.6. The zero-order chi connectivity index (χ0) is 14.1. The predicted octanol–water partition coefficient (Wildman–Crippen LogP) is 3.15. The second-order valence-electron chi connectivity index (χ2n) is 5.36. The Bertz CT molecular complexity index is 612. The lowest BCUT2D eigenvalue weighted by atomic mass is 10.1. The van der Waals surface area contributed by atoms with Crippen LogP contribution < -0.4 is 5.32 Å². The smallest absolute Gasteiger partial charge is 0.159 e. The van der Waals surface area contributed by atoms with Gasteiger partial charge in [0.15, 0.2) is 5.82 Å². The third-order valence-electron chi connectivity index (χ3n) is 3.65. The molecule has 1 aromatic carbocycles. The minimum Gasteiger partial charge on any atom is -0.310 e. The zero-order valence-corrected chi connectivity index (χ0v) is 11.8. The first-order valence-corrected chi connectivity index (χ1v) is 6.97. The molecule has 4 heteroatoms. The maximum absolute atomic E-state index is 13.3. The van der Waals surface area contributed by atoms with Crippen molar-refractivity contribution in [1.82, 2.24) is 15.3 Å². The van der Waals surface area contributed by atoms with Gasteiger partial charge in [0.2, 0.25) is 0 Å². The van der Waals surface area contributed by atoms with Crippen molar-refractivity contribution in [3.63, 3.8) is 0 Å². The van der Waals surface area contributed by atoms with E-state index >= 15 is 0 Å². The minimum absolute atomic E-state index is 0.263. The Hall–Kier alpha value is -1.81. The molecule has 1 fully saturated rings. The van der Waals surface area contributed by atoms with Gasteiger partial charge >= 0.3 is 0 Å². The van der Waals surface area contributed by atoms with Crippen LogP contribution in [0.15, 0.2) is 24.3 Å². The van der Waals surface area contributed by atoms with Crippen molar-refractivity contribution in [3.8, 4) is 11.4 Å². The van der Waals surface area contributed by atoms with Crippen LogP contribution in [0.5, 0.6) is 0 Å². The monoisotopic (exact) mass is 271 g/mol. The second-order valence-corrected chi connectivity index (χ2v) is 5.36. The van der Waals surface area contributed by atoms with Crippen molar-refractivity contribution in [2.75, 3.05) is 0 Å². The van der Waals surface area contributed by atoms with Crippen LogP contribution in [-0.2, 0) is 6.54 Å². The van der Waals surface area contributed by atoms with Gasteiger partial charge in [-0.15, -0.1) is 0 Å². The topological polar surface area (TPSA) is 37.8 Å². The molecule has 1 aliphatic rings. The summed E-state index contributed by atoms with van der Waals surface area (Å²) in [6, 6.07) is 7.07. The molecule has 0 radical (unpaired) electrons. The molecule has 3 nitrogen and oxygen atoms in total. The Kier molecular flexibility index (Phi) is 3.49. The lowest BCUT2D eigenvalue weighted by Gasteiger charge is -2.11. The quantitative estimate of drug-likeness (QED) is 0.928. The first kappa shape index (κ1) is 13.2. The van der Waals surface area contributed by atoms with E-state index < -0.39 is 0 Å². The fourth-order valence-corrected chi connectivity index (χ4v) is 2.29. The summed E-state index contributed by atoms with van der Waals surface area (Å²) in [6.07, 6.45) is 2.53. The molecule has 0 spiro atoms. The van der Waals surface area contributed by atoms with Crippen LogP contribution in [0.25, 0.3) is 11.4 Å². The van der Waals surface area contributed by atoms with Crippen LogP contribution in [0.1, 0.15) is 29.8 Å². The van der Waals surface area contributed by atoms with Crippen LogP contribution in [0.4, 0.5) is 4.39 Å².